The Morgan fingerprint density at radius 3 is 2.66 bits per heavy atom. The highest BCUT2D eigenvalue weighted by Crippen LogP contribution is 2.25. The van der Waals surface area contributed by atoms with Gasteiger partial charge in [-0.25, -0.2) is 4.39 Å². The first-order valence-electron chi connectivity index (χ1n) is 10.3. The predicted molar refractivity (Wildman–Crippen MR) is 127 cm³/mol. The molecule has 5 nitrogen and oxygen atoms in total. The highest BCUT2D eigenvalue weighted by molar-refractivity contribution is 7.99. The third-order valence-corrected chi connectivity index (χ3v) is 6.74. The van der Waals surface area contributed by atoms with Crippen molar-refractivity contribution in [1.29, 1.82) is 0 Å². The van der Waals surface area contributed by atoms with Gasteiger partial charge in [-0.05, 0) is 48.2 Å². The van der Waals surface area contributed by atoms with Gasteiger partial charge in [-0.1, -0.05) is 48.2 Å². The Kier molecular flexibility index (Phi) is 7.34. The summed E-state index contributed by atoms with van der Waals surface area (Å²) in [4.78, 5) is 15.8. The van der Waals surface area contributed by atoms with Gasteiger partial charge in [0.25, 0.3) is 0 Å². The van der Waals surface area contributed by atoms with E-state index in [9.17, 15) is 9.18 Å². The number of rotatable bonds is 9. The summed E-state index contributed by atoms with van der Waals surface area (Å²) in [7, 11) is 0. The van der Waals surface area contributed by atoms with Crippen LogP contribution in [0.1, 0.15) is 23.2 Å². The van der Waals surface area contributed by atoms with Crippen molar-refractivity contribution in [3.8, 4) is 5.69 Å². The maximum Gasteiger partial charge on any atom is 0.233 e. The van der Waals surface area contributed by atoms with E-state index in [0.717, 1.165) is 17.1 Å². The van der Waals surface area contributed by atoms with Crippen LogP contribution in [-0.2, 0) is 17.8 Å². The molecular weight excluding hydrogens is 443 g/mol. The Hall–Kier alpha value is -2.97. The van der Waals surface area contributed by atoms with Crippen LogP contribution in [0.2, 0.25) is 0 Å². The summed E-state index contributed by atoms with van der Waals surface area (Å²) < 4.78 is 15.5. The zero-order valence-corrected chi connectivity index (χ0v) is 19.3. The molecule has 0 aliphatic rings. The zero-order valence-electron chi connectivity index (χ0n) is 17.6. The fourth-order valence-corrected chi connectivity index (χ4v) is 4.94. The standard InChI is InChI=1S/C24H23FN4OS2/c1-2-28(16-18-8-6-9-19(25)14-18)23(30)17-32-24-27-26-22(15-21-12-7-13-31-21)29(24)20-10-4-3-5-11-20/h3-14H,2,15-17H2,1H3. The van der Waals surface area contributed by atoms with E-state index in [1.165, 1.54) is 28.8 Å². The van der Waals surface area contributed by atoms with E-state index < -0.39 is 0 Å². The summed E-state index contributed by atoms with van der Waals surface area (Å²) in [6.45, 7) is 2.85. The molecule has 1 amide bonds. The molecule has 0 saturated carbocycles. The van der Waals surface area contributed by atoms with Crippen LogP contribution in [0.25, 0.3) is 5.69 Å². The summed E-state index contributed by atoms with van der Waals surface area (Å²) in [6, 6.07) is 20.4. The average Bonchev–Trinajstić information content (AvgIpc) is 3.46. The number of thioether (sulfide) groups is 1. The Morgan fingerprint density at radius 2 is 1.94 bits per heavy atom. The zero-order chi connectivity index (χ0) is 22.3. The van der Waals surface area contributed by atoms with Crippen molar-refractivity contribution in [2.45, 2.75) is 25.0 Å². The molecule has 2 heterocycles. The third kappa shape index (κ3) is 5.44. The minimum atomic E-state index is -0.297. The fourth-order valence-electron chi connectivity index (χ4n) is 3.36. The van der Waals surface area contributed by atoms with Crippen LogP contribution in [0, 0.1) is 5.82 Å². The number of benzene rings is 2. The molecule has 4 rings (SSSR count). The summed E-state index contributed by atoms with van der Waals surface area (Å²) in [5.41, 5.74) is 1.74. The van der Waals surface area contributed by atoms with Gasteiger partial charge in [-0.15, -0.1) is 21.5 Å². The molecule has 2 aromatic carbocycles. The largest absolute Gasteiger partial charge is 0.338 e. The predicted octanol–water partition coefficient (Wildman–Crippen LogP) is 5.20. The van der Waals surface area contributed by atoms with Crippen LogP contribution in [0.15, 0.2) is 77.3 Å². The summed E-state index contributed by atoms with van der Waals surface area (Å²) in [5, 5.41) is 11.5. The van der Waals surface area contributed by atoms with Crippen molar-refractivity contribution in [3.05, 3.63) is 94.2 Å². The van der Waals surface area contributed by atoms with E-state index in [0.29, 0.717) is 24.7 Å². The maximum absolute atomic E-state index is 13.5. The first-order chi connectivity index (χ1) is 15.6. The molecule has 0 atom stereocenters. The van der Waals surface area contributed by atoms with E-state index in [1.54, 1.807) is 22.3 Å². The number of nitrogens with zero attached hydrogens (tertiary/aromatic N) is 4. The van der Waals surface area contributed by atoms with Crippen molar-refractivity contribution in [2.24, 2.45) is 0 Å². The number of hydrogen-bond acceptors (Lipinski definition) is 5. The first kappa shape index (κ1) is 22.2. The normalized spacial score (nSPS) is 10.9. The molecule has 0 aliphatic carbocycles. The second-order valence-electron chi connectivity index (χ2n) is 7.15. The van der Waals surface area contributed by atoms with Crippen LogP contribution >= 0.6 is 23.1 Å². The SMILES string of the molecule is CCN(Cc1cccc(F)c1)C(=O)CSc1nnc(Cc2cccs2)n1-c1ccccc1. The molecule has 0 radical (unpaired) electrons. The molecule has 4 aromatic rings. The van der Waals surface area contributed by atoms with Crippen LogP contribution < -0.4 is 0 Å². The summed E-state index contributed by atoms with van der Waals surface area (Å²) in [6.07, 6.45) is 0.675. The molecular formula is C24H23FN4OS2. The minimum Gasteiger partial charge on any atom is -0.338 e. The molecule has 0 bridgehead atoms. The molecule has 0 unspecified atom stereocenters. The van der Waals surface area contributed by atoms with E-state index >= 15 is 0 Å². The molecule has 0 saturated heterocycles. The van der Waals surface area contributed by atoms with E-state index in [4.69, 9.17) is 0 Å². The van der Waals surface area contributed by atoms with E-state index in [1.807, 2.05) is 59.3 Å². The Labute approximate surface area is 194 Å². The van der Waals surface area contributed by atoms with Crippen molar-refractivity contribution in [3.63, 3.8) is 0 Å². The Morgan fingerprint density at radius 1 is 1.09 bits per heavy atom. The highest BCUT2D eigenvalue weighted by Gasteiger charge is 2.19. The number of halogens is 1. The van der Waals surface area contributed by atoms with Gasteiger partial charge < -0.3 is 4.90 Å². The van der Waals surface area contributed by atoms with Gasteiger partial charge in [0.15, 0.2) is 5.16 Å². The Bertz CT molecular complexity index is 1160. The van der Waals surface area contributed by atoms with E-state index in [2.05, 4.69) is 16.3 Å². The smallest absolute Gasteiger partial charge is 0.233 e. The molecule has 0 fully saturated rings. The second kappa shape index (κ2) is 10.6. The number of carbonyl (C=O) groups excluding carboxylic acids is 1. The topological polar surface area (TPSA) is 51.0 Å². The molecule has 0 N–H and O–H groups in total. The van der Waals surface area contributed by atoms with Crippen molar-refractivity contribution in [1.82, 2.24) is 19.7 Å². The second-order valence-corrected chi connectivity index (χ2v) is 9.13. The lowest BCUT2D eigenvalue weighted by molar-refractivity contribution is -0.128. The van der Waals surface area contributed by atoms with Crippen LogP contribution in [0.3, 0.4) is 0 Å². The number of para-hydroxylation sites is 1. The lowest BCUT2D eigenvalue weighted by atomic mass is 10.2. The van der Waals surface area contributed by atoms with Crippen LogP contribution in [-0.4, -0.2) is 37.9 Å². The molecule has 32 heavy (non-hydrogen) atoms. The molecule has 0 aliphatic heterocycles. The number of amides is 1. The Balaban J connectivity index is 1.50. The summed E-state index contributed by atoms with van der Waals surface area (Å²) >= 11 is 3.05. The number of aromatic nitrogens is 3. The number of carbonyl (C=O) groups is 1. The number of thiophene rings is 1. The van der Waals surface area contributed by atoms with E-state index in [-0.39, 0.29) is 17.5 Å². The third-order valence-electron chi connectivity index (χ3n) is 4.95. The minimum absolute atomic E-state index is 0.0239. The van der Waals surface area contributed by atoms with Crippen LogP contribution in [0.4, 0.5) is 4.39 Å². The van der Waals surface area contributed by atoms with Gasteiger partial charge >= 0.3 is 0 Å². The molecule has 8 heteroatoms. The van der Waals surface area contributed by atoms with Gasteiger partial charge in [0, 0.05) is 30.1 Å². The van der Waals surface area contributed by atoms with Crippen molar-refractivity contribution >= 4 is 29.0 Å². The van der Waals surface area contributed by atoms with Crippen LogP contribution in [0.5, 0.6) is 0 Å². The highest BCUT2D eigenvalue weighted by atomic mass is 32.2. The van der Waals surface area contributed by atoms with Gasteiger partial charge in [0.05, 0.1) is 5.75 Å². The van der Waals surface area contributed by atoms with Gasteiger partial charge in [0.2, 0.25) is 5.91 Å². The lowest BCUT2D eigenvalue weighted by Crippen LogP contribution is -2.31. The fraction of sp³-hybridized carbons (Fsp3) is 0.208. The molecule has 2 aromatic heterocycles. The first-order valence-corrected chi connectivity index (χ1v) is 12.2. The van der Waals surface area contributed by atoms with Gasteiger partial charge in [-0.2, -0.15) is 0 Å². The van der Waals surface area contributed by atoms with Gasteiger partial charge in [-0.3, -0.25) is 9.36 Å². The monoisotopic (exact) mass is 466 g/mol. The lowest BCUT2D eigenvalue weighted by Gasteiger charge is -2.21. The summed E-state index contributed by atoms with van der Waals surface area (Å²) in [5.74, 6) is 0.743. The molecule has 164 valence electrons. The van der Waals surface area contributed by atoms with Gasteiger partial charge in [0.1, 0.15) is 11.6 Å². The van der Waals surface area contributed by atoms with Crippen molar-refractivity contribution < 1.29 is 9.18 Å². The maximum atomic E-state index is 13.5. The number of hydrogen-bond donors (Lipinski definition) is 0. The molecule has 0 spiro atoms. The quantitative estimate of drug-likeness (QED) is 0.318. The van der Waals surface area contributed by atoms with Crippen molar-refractivity contribution in [2.75, 3.05) is 12.3 Å². The average molecular weight is 467 g/mol.